The summed E-state index contributed by atoms with van der Waals surface area (Å²) in [6, 6.07) is 14.7. The van der Waals surface area contributed by atoms with E-state index in [0.29, 0.717) is 11.3 Å². The molecular weight excluding hydrogens is 452 g/mol. The first-order valence-electron chi connectivity index (χ1n) is 10.5. The number of hydrogen-bond acceptors (Lipinski definition) is 8. The average Bonchev–Trinajstić information content (AvgIpc) is 3.19. The lowest BCUT2D eigenvalue weighted by Crippen LogP contribution is -2.08. The Morgan fingerprint density at radius 3 is 2.49 bits per heavy atom. The number of nitrogens with one attached hydrogen (secondary N) is 1. The van der Waals surface area contributed by atoms with E-state index in [0.717, 1.165) is 11.1 Å². The summed E-state index contributed by atoms with van der Waals surface area (Å²) in [5.74, 6) is -0.0992. The number of fused-ring (bicyclic) bond motifs is 1. The van der Waals surface area contributed by atoms with Crippen LogP contribution >= 0.6 is 0 Å². The number of nitro benzene ring substituents is 1. The van der Waals surface area contributed by atoms with Crippen LogP contribution < -0.4 is 14.9 Å². The molecule has 4 aromatic rings. The second-order valence-corrected chi connectivity index (χ2v) is 7.63. The molecule has 2 aromatic carbocycles. The molecule has 0 bridgehead atoms. The smallest absolute Gasteiger partial charge is 0.294 e. The molecule has 0 saturated heterocycles. The second-order valence-electron chi connectivity index (χ2n) is 7.63. The summed E-state index contributed by atoms with van der Waals surface area (Å²) in [4.78, 5) is 24.4. The van der Waals surface area contributed by atoms with Crippen LogP contribution in [-0.2, 0) is 0 Å². The number of benzene rings is 2. The van der Waals surface area contributed by atoms with Crippen LogP contribution in [0.4, 0.5) is 11.4 Å². The van der Waals surface area contributed by atoms with Crippen molar-refractivity contribution in [3.8, 4) is 17.2 Å². The van der Waals surface area contributed by atoms with Gasteiger partial charge in [-0.2, -0.15) is 5.10 Å². The molecule has 2 aromatic heterocycles. The van der Waals surface area contributed by atoms with Crippen molar-refractivity contribution < 1.29 is 24.3 Å². The van der Waals surface area contributed by atoms with Gasteiger partial charge in [0, 0.05) is 28.9 Å². The normalized spacial score (nSPS) is 11.1. The number of aromatic hydroxyl groups is 1. The van der Waals surface area contributed by atoms with E-state index in [-0.39, 0.29) is 40.0 Å². The fourth-order valence-electron chi connectivity index (χ4n) is 3.77. The van der Waals surface area contributed by atoms with Gasteiger partial charge >= 0.3 is 0 Å². The molecule has 0 fully saturated rings. The number of hydrogen-bond donors (Lipinski definition) is 2. The molecule has 0 radical (unpaired) electrons. The van der Waals surface area contributed by atoms with Gasteiger partial charge in [0.2, 0.25) is 11.5 Å². The largest absolute Gasteiger partial charge is 0.502 e. The number of hydrazone groups is 1. The molecule has 10 heteroatoms. The molecule has 10 nitrogen and oxygen atoms in total. The monoisotopic (exact) mass is 474 g/mol. The lowest BCUT2D eigenvalue weighted by atomic mass is 10.0. The highest BCUT2D eigenvalue weighted by atomic mass is 16.6. The maximum absolute atomic E-state index is 13.2. The van der Waals surface area contributed by atoms with Crippen LogP contribution in [0, 0.1) is 17.0 Å². The van der Waals surface area contributed by atoms with Gasteiger partial charge < -0.3 is 19.0 Å². The molecular formula is C25H22N4O6. The summed E-state index contributed by atoms with van der Waals surface area (Å²) in [5.41, 5.74) is 5.24. The predicted octanol–water partition coefficient (Wildman–Crippen LogP) is 4.56. The van der Waals surface area contributed by atoms with Crippen molar-refractivity contribution in [3.05, 3.63) is 93.3 Å². The van der Waals surface area contributed by atoms with Crippen LogP contribution in [0.5, 0.6) is 17.2 Å². The highest BCUT2D eigenvalue weighted by Gasteiger charge is 2.22. The molecule has 0 atom stereocenters. The second kappa shape index (κ2) is 9.56. The maximum Gasteiger partial charge on any atom is 0.294 e. The number of ether oxygens (including phenoxy) is 2. The zero-order valence-corrected chi connectivity index (χ0v) is 19.2. The van der Waals surface area contributed by atoms with E-state index in [1.54, 1.807) is 10.6 Å². The molecule has 0 aliphatic heterocycles. The molecule has 35 heavy (non-hydrogen) atoms. The Hall–Kier alpha value is -4.86. The molecule has 2 heterocycles. The van der Waals surface area contributed by atoms with Gasteiger partial charge in [-0.15, -0.1) is 0 Å². The number of pyridine rings is 1. The molecule has 0 amide bonds. The number of anilines is 1. The molecule has 0 unspecified atom stereocenters. The summed E-state index contributed by atoms with van der Waals surface area (Å²) in [6.45, 7) is 1.83. The molecule has 0 saturated carbocycles. The number of aromatic nitrogens is 1. The Balaban J connectivity index is 1.63. The van der Waals surface area contributed by atoms with Crippen molar-refractivity contribution in [1.82, 2.24) is 4.40 Å². The number of ketones is 1. The first-order chi connectivity index (χ1) is 16.8. The van der Waals surface area contributed by atoms with Gasteiger partial charge in [0.15, 0.2) is 11.5 Å². The SMILES string of the molecule is COc1cc(/C=N\Nc2ccc(C(=O)c3c(C)cc4ccccn34)cc2[N+](=O)[O-])cc(OC)c1O. The average molecular weight is 474 g/mol. The minimum absolute atomic E-state index is 0.109. The van der Waals surface area contributed by atoms with Crippen LogP contribution in [0.3, 0.4) is 0 Å². The lowest BCUT2D eigenvalue weighted by Gasteiger charge is -2.09. The first-order valence-corrected chi connectivity index (χ1v) is 10.5. The number of phenolic OH excluding ortho intramolecular Hbond substituents is 1. The Morgan fingerprint density at radius 1 is 1.11 bits per heavy atom. The maximum atomic E-state index is 13.2. The number of nitro groups is 1. The Bertz CT molecular complexity index is 1450. The fourth-order valence-corrected chi connectivity index (χ4v) is 3.77. The number of rotatable bonds is 8. The third-order valence-corrected chi connectivity index (χ3v) is 5.44. The highest BCUT2D eigenvalue weighted by molar-refractivity contribution is 6.10. The Labute approximate surface area is 200 Å². The number of aryl methyl sites for hydroxylation is 1. The van der Waals surface area contributed by atoms with E-state index in [1.165, 1.54) is 50.8 Å². The van der Waals surface area contributed by atoms with E-state index in [2.05, 4.69) is 10.5 Å². The number of carbonyl (C=O) groups excluding carboxylic acids is 1. The molecule has 2 N–H and O–H groups in total. The Morgan fingerprint density at radius 2 is 1.83 bits per heavy atom. The lowest BCUT2D eigenvalue weighted by molar-refractivity contribution is -0.384. The van der Waals surface area contributed by atoms with E-state index in [1.807, 2.05) is 31.2 Å². The predicted molar refractivity (Wildman–Crippen MR) is 131 cm³/mol. The summed E-state index contributed by atoms with van der Waals surface area (Å²) in [5, 5.41) is 25.8. The van der Waals surface area contributed by atoms with Crippen LogP contribution in [0.15, 0.2) is 65.9 Å². The van der Waals surface area contributed by atoms with Gasteiger partial charge in [0.25, 0.3) is 5.69 Å². The van der Waals surface area contributed by atoms with Gasteiger partial charge in [-0.3, -0.25) is 20.3 Å². The van der Waals surface area contributed by atoms with Gasteiger partial charge in [0.1, 0.15) is 5.69 Å². The van der Waals surface area contributed by atoms with Crippen molar-refractivity contribution >= 4 is 28.9 Å². The minimum Gasteiger partial charge on any atom is -0.502 e. The van der Waals surface area contributed by atoms with Crippen LogP contribution in [0.25, 0.3) is 5.52 Å². The molecule has 4 rings (SSSR count). The minimum atomic E-state index is -0.579. The summed E-state index contributed by atoms with van der Waals surface area (Å²) >= 11 is 0. The molecule has 0 spiro atoms. The summed E-state index contributed by atoms with van der Waals surface area (Å²) in [6.07, 6.45) is 3.17. The van der Waals surface area contributed by atoms with Crippen molar-refractivity contribution in [2.75, 3.05) is 19.6 Å². The Kier molecular flexibility index (Phi) is 6.36. The van der Waals surface area contributed by atoms with Crippen LogP contribution in [0.1, 0.15) is 27.2 Å². The quantitative estimate of drug-likeness (QED) is 0.166. The zero-order valence-electron chi connectivity index (χ0n) is 19.2. The van der Waals surface area contributed by atoms with E-state index in [9.17, 15) is 20.0 Å². The standard InChI is InChI=1S/C25H22N4O6/c1-15-10-18-6-4-5-9-28(18)23(15)24(30)17-7-8-19(20(13-17)29(32)33)27-26-14-16-11-21(34-2)25(31)22(12-16)35-3/h4-14,27,31H,1-3H3/b26-14-. The van der Waals surface area contributed by atoms with Crippen molar-refractivity contribution in [1.29, 1.82) is 0 Å². The van der Waals surface area contributed by atoms with Crippen molar-refractivity contribution in [2.24, 2.45) is 5.10 Å². The fraction of sp³-hybridized carbons (Fsp3) is 0.120. The number of phenols is 1. The number of carbonyl (C=O) groups is 1. The van der Waals surface area contributed by atoms with Gasteiger partial charge in [-0.05, 0) is 55.0 Å². The van der Waals surface area contributed by atoms with Crippen LogP contribution in [0.2, 0.25) is 0 Å². The van der Waals surface area contributed by atoms with Gasteiger partial charge in [-0.25, -0.2) is 0 Å². The zero-order chi connectivity index (χ0) is 25.1. The van der Waals surface area contributed by atoms with E-state index >= 15 is 0 Å². The van der Waals surface area contributed by atoms with Crippen molar-refractivity contribution in [3.63, 3.8) is 0 Å². The van der Waals surface area contributed by atoms with Gasteiger partial charge in [0.05, 0.1) is 31.1 Å². The third kappa shape index (κ3) is 4.49. The topological polar surface area (TPSA) is 128 Å². The van der Waals surface area contributed by atoms with Crippen molar-refractivity contribution in [2.45, 2.75) is 6.92 Å². The highest BCUT2D eigenvalue weighted by Crippen LogP contribution is 2.36. The molecule has 178 valence electrons. The first kappa shape index (κ1) is 23.3. The molecule has 0 aliphatic rings. The van der Waals surface area contributed by atoms with Crippen LogP contribution in [-0.4, -0.2) is 40.6 Å². The summed E-state index contributed by atoms with van der Waals surface area (Å²) < 4.78 is 12.0. The molecule has 0 aliphatic carbocycles. The third-order valence-electron chi connectivity index (χ3n) is 5.44. The van der Waals surface area contributed by atoms with E-state index < -0.39 is 4.92 Å². The number of methoxy groups -OCH3 is 2. The van der Waals surface area contributed by atoms with Gasteiger partial charge in [-0.1, -0.05) is 6.07 Å². The number of nitrogens with zero attached hydrogens (tertiary/aromatic N) is 3. The summed E-state index contributed by atoms with van der Waals surface area (Å²) in [7, 11) is 2.80. The van der Waals surface area contributed by atoms with E-state index in [4.69, 9.17) is 9.47 Å².